The molecule has 0 spiro atoms. The molecule has 0 saturated heterocycles. The van der Waals surface area contributed by atoms with E-state index in [2.05, 4.69) is 15.2 Å². The van der Waals surface area contributed by atoms with E-state index in [1.54, 1.807) is 24.5 Å². The highest BCUT2D eigenvalue weighted by atomic mass is 19.1. The molecule has 0 fully saturated rings. The van der Waals surface area contributed by atoms with Gasteiger partial charge in [0.05, 0.1) is 0 Å². The van der Waals surface area contributed by atoms with Crippen molar-refractivity contribution in [2.24, 2.45) is 5.73 Å². The zero-order valence-electron chi connectivity index (χ0n) is 12.8. The number of halogens is 1. The second-order valence-corrected chi connectivity index (χ2v) is 5.41. The predicted octanol–water partition coefficient (Wildman–Crippen LogP) is 3.56. The highest BCUT2D eigenvalue weighted by Crippen LogP contribution is 2.33. The lowest BCUT2D eigenvalue weighted by Gasteiger charge is -2.06. The van der Waals surface area contributed by atoms with E-state index < -0.39 is 0 Å². The van der Waals surface area contributed by atoms with Crippen molar-refractivity contribution in [2.75, 3.05) is 6.54 Å². The number of unbranched alkanes of at least 4 members (excludes halogenated alkanes) is 1. The van der Waals surface area contributed by atoms with E-state index in [-0.39, 0.29) is 5.82 Å². The Bertz CT molecular complexity index is 750. The van der Waals surface area contributed by atoms with Crippen LogP contribution in [0, 0.1) is 5.82 Å². The molecule has 0 radical (unpaired) electrons. The molecule has 0 amide bonds. The zero-order valence-corrected chi connectivity index (χ0v) is 12.8. The van der Waals surface area contributed by atoms with Crippen molar-refractivity contribution in [1.82, 2.24) is 15.2 Å². The predicted molar refractivity (Wildman–Crippen MR) is 89.2 cm³/mol. The number of hydrogen-bond acceptors (Lipinski definition) is 3. The molecule has 3 N–H and O–H groups in total. The highest BCUT2D eigenvalue weighted by Gasteiger charge is 2.16. The molecule has 23 heavy (non-hydrogen) atoms. The largest absolute Gasteiger partial charge is 0.330 e. The summed E-state index contributed by atoms with van der Waals surface area (Å²) in [5.41, 5.74) is 10.5. The van der Waals surface area contributed by atoms with Crippen LogP contribution in [0.2, 0.25) is 0 Å². The van der Waals surface area contributed by atoms with Gasteiger partial charge < -0.3 is 5.73 Å². The van der Waals surface area contributed by atoms with Crippen LogP contribution < -0.4 is 5.73 Å². The molecule has 0 atom stereocenters. The average molecular weight is 310 g/mol. The first-order valence-corrected chi connectivity index (χ1v) is 7.73. The molecule has 1 aromatic carbocycles. The average Bonchev–Trinajstić information content (AvgIpc) is 3.00. The number of benzene rings is 1. The first-order valence-electron chi connectivity index (χ1n) is 7.73. The van der Waals surface area contributed by atoms with Crippen molar-refractivity contribution in [2.45, 2.75) is 19.3 Å². The lowest BCUT2D eigenvalue weighted by molar-refractivity contribution is 0.628. The Balaban J connectivity index is 2.04. The maximum absolute atomic E-state index is 13.2. The van der Waals surface area contributed by atoms with Gasteiger partial charge in [-0.3, -0.25) is 10.1 Å². The van der Waals surface area contributed by atoms with Crippen molar-refractivity contribution in [3.8, 4) is 22.4 Å². The molecule has 4 nitrogen and oxygen atoms in total. The Hall–Kier alpha value is -2.53. The maximum Gasteiger partial charge on any atom is 0.123 e. The molecular weight excluding hydrogens is 291 g/mol. The van der Waals surface area contributed by atoms with Crippen LogP contribution >= 0.6 is 0 Å². The first-order chi connectivity index (χ1) is 11.3. The normalized spacial score (nSPS) is 10.9. The second kappa shape index (κ2) is 7.15. The van der Waals surface area contributed by atoms with Crippen LogP contribution in [0.1, 0.15) is 18.5 Å². The van der Waals surface area contributed by atoms with Crippen LogP contribution in [0.4, 0.5) is 4.39 Å². The third-order valence-corrected chi connectivity index (χ3v) is 3.81. The van der Waals surface area contributed by atoms with Gasteiger partial charge in [-0.2, -0.15) is 5.10 Å². The fourth-order valence-corrected chi connectivity index (χ4v) is 2.65. The Morgan fingerprint density at radius 2 is 1.70 bits per heavy atom. The quantitative estimate of drug-likeness (QED) is 0.684. The summed E-state index contributed by atoms with van der Waals surface area (Å²) in [6.45, 7) is 0.684. The molecule has 3 aromatic rings. The first kappa shape index (κ1) is 15.4. The highest BCUT2D eigenvalue weighted by molar-refractivity contribution is 5.82. The minimum atomic E-state index is -0.252. The molecule has 0 bridgehead atoms. The van der Waals surface area contributed by atoms with Crippen molar-refractivity contribution >= 4 is 0 Å². The van der Waals surface area contributed by atoms with Crippen LogP contribution in [0.5, 0.6) is 0 Å². The number of pyridine rings is 1. The van der Waals surface area contributed by atoms with Crippen LogP contribution in [0.15, 0.2) is 48.8 Å². The van der Waals surface area contributed by atoms with Crippen LogP contribution in [-0.2, 0) is 6.42 Å². The zero-order chi connectivity index (χ0) is 16.1. The Morgan fingerprint density at radius 3 is 2.39 bits per heavy atom. The summed E-state index contributed by atoms with van der Waals surface area (Å²) in [7, 11) is 0. The van der Waals surface area contributed by atoms with Gasteiger partial charge in [0.25, 0.3) is 0 Å². The van der Waals surface area contributed by atoms with Crippen molar-refractivity contribution in [3.63, 3.8) is 0 Å². The molecule has 0 saturated carbocycles. The molecular formula is C18H19FN4. The van der Waals surface area contributed by atoms with Gasteiger partial charge in [0.2, 0.25) is 0 Å². The third-order valence-electron chi connectivity index (χ3n) is 3.81. The topological polar surface area (TPSA) is 67.6 Å². The van der Waals surface area contributed by atoms with Crippen LogP contribution in [0.25, 0.3) is 22.4 Å². The van der Waals surface area contributed by atoms with E-state index in [9.17, 15) is 4.39 Å². The molecule has 0 aliphatic rings. The van der Waals surface area contributed by atoms with Gasteiger partial charge in [-0.25, -0.2) is 4.39 Å². The van der Waals surface area contributed by atoms with Gasteiger partial charge in [0.15, 0.2) is 0 Å². The summed E-state index contributed by atoms with van der Waals surface area (Å²) in [5.74, 6) is -0.252. The van der Waals surface area contributed by atoms with Gasteiger partial charge in [-0.1, -0.05) is 0 Å². The van der Waals surface area contributed by atoms with Crippen molar-refractivity contribution in [1.29, 1.82) is 0 Å². The summed E-state index contributed by atoms with van der Waals surface area (Å²) < 4.78 is 13.2. The fraction of sp³-hybridized carbons (Fsp3) is 0.222. The molecule has 2 aromatic heterocycles. The summed E-state index contributed by atoms with van der Waals surface area (Å²) in [4.78, 5) is 4.08. The number of nitrogens with two attached hydrogens (primary N) is 1. The number of nitrogens with zero attached hydrogens (tertiary/aromatic N) is 2. The van der Waals surface area contributed by atoms with Gasteiger partial charge in [-0.05, 0) is 67.8 Å². The van der Waals surface area contributed by atoms with E-state index >= 15 is 0 Å². The maximum atomic E-state index is 13.2. The van der Waals surface area contributed by atoms with Gasteiger partial charge in [0.1, 0.15) is 11.5 Å². The number of hydrogen-bond donors (Lipinski definition) is 2. The molecule has 3 rings (SSSR count). The molecule has 2 heterocycles. The smallest absolute Gasteiger partial charge is 0.123 e. The van der Waals surface area contributed by atoms with Crippen LogP contribution in [-0.4, -0.2) is 21.7 Å². The molecule has 5 heteroatoms. The Labute approximate surface area is 134 Å². The molecule has 0 unspecified atom stereocenters. The van der Waals surface area contributed by atoms with E-state index in [1.165, 1.54) is 12.1 Å². The number of rotatable bonds is 6. The number of aromatic nitrogens is 3. The summed E-state index contributed by atoms with van der Waals surface area (Å²) in [6, 6.07) is 10.3. The number of nitrogens with one attached hydrogen (secondary N) is 1. The van der Waals surface area contributed by atoms with E-state index in [0.717, 1.165) is 47.3 Å². The lowest BCUT2D eigenvalue weighted by atomic mass is 9.97. The van der Waals surface area contributed by atoms with E-state index in [1.807, 2.05) is 12.1 Å². The van der Waals surface area contributed by atoms with Gasteiger partial charge in [-0.15, -0.1) is 0 Å². The minimum Gasteiger partial charge on any atom is -0.330 e. The monoisotopic (exact) mass is 310 g/mol. The van der Waals surface area contributed by atoms with E-state index in [0.29, 0.717) is 6.54 Å². The lowest BCUT2D eigenvalue weighted by Crippen LogP contribution is -1.99. The summed E-state index contributed by atoms with van der Waals surface area (Å²) >= 11 is 0. The number of H-pyrrole nitrogens is 1. The van der Waals surface area contributed by atoms with Gasteiger partial charge in [0, 0.05) is 29.2 Å². The Morgan fingerprint density at radius 1 is 0.957 bits per heavy atom. The standard InChI is InChI=1S/C18H19FN4/c19-15-6-4-14(5-7-15)18-17(13-8-11-21-12-9-13)16(22-23-18)3-1-2-10-20/h4-9,11-12H,1-3,10,20H2,(H,22,23). The third kappa shape index (κ3) is 3.46. The van der Waals surface area contributed by atoms with Crippen molar-refractivity contribution < 1.29 is 4.39 Å². The minimum absolute atomic E-state index is 0.252. The van der Waals surface area contributed by atoms with Crippen molar-refractivity contribution in [3.05, 3.63) is 60.3 Å². The van der Waals surface area contributed by atoms with Crippen LogP contribution in [0.3, 0.4) is 0 Å². The SMILES string of the molecule is NCCCCc1[nH]nc(-c2ccc(F)cc2)c1-c1ccncc1. The number of aryl methyl sites for hydroxylation is 1. The molecule has 118 valence electrons. The Kier molecular flexibility index (Phi) is 4.78. The molecule has 0 aliphatic heterocycles. The second-order valence-electron chi connectivity index (χ2n) is 5.41. The van der Waals surface area contributed by atoms with Gasteiger partial charge >= 0.3 is 0 Å². The molecule has 0 aliphatic carbocycles. The fourth-order valence-electron chi connectivity index (χ4n) is 2.65. The summed E-state index contributed by atoms with van der Waals surface area (Å²) in [6.07, 6.45) is 6.38. The number of aromatic amines is 1. The summed E-state index contributed by atoms with van der Waals surface area (Å²) in [5, 5.41) is 7.61. The van der Waals surface area contributed by atoms with E-state index in [4.69, 9.17) is 5.73 Å².